The van der Waals surface area contributed by atoms with E-state index in [1.807, 2.05) is 114 Å². The van der Waals surface area contributed by atoms with Gasteiger partial charge in [-0.15, -0.1) is 0 Å². The Morgan fingerprint density at radius 2 is 1.79 bits per heavy atom. The number of anilines is 1. The number of rotatable bonds is 15. The Kier molecular flexibility index (Phi) is 13.8. The van der Waals surface area contributed by atoms with E-state index in [1.54, 1.807) is 0 Å². The summed E-state index contributed by atoms with van der Waals surface area (Å²) in [6, 6.07) is 14.3. The SMILES string of the molecule is C/C=C(\C=C/NCCSSCC[n+]1ccc(/C=N/N(C)C2=CC=CCC=C2)cc1)/C=N/N(C)c1ccccc1. The smallest absolute Gasteiger partial charge is 0.169 e. The molecule has 1 aromatic carbocycles. The summed E-state index contributed by atoms with van der Waals surface area (Å²) in [5, 5.41) is 16.2. The zero-order valence-corrected chi connectivity index (χ0v) is 24.7. The van der Waals surface area contributed by atoms with Crippen molar-refractivity contribution in [1.29, 1.82) is 0 Å². The number of aryl methyl sites for hydroxylation is 1. The maximum atomic E-state index is 4.56. The molecule has 0 spiro atoms. The summed E-state index contributed by atoms with van der Waals surface area (Å²) < 4.78 is 2.21. The molecule has 3 rings (SSSR count). The van der Waals surface area contributed by atoms with Crippen LogP contribution in [0.5, 0.6) is 0 Å². The highest BCUT2D eigenvalue weighted by molar-refractivity contribution is 8.76. The van der Waals surface area contributed by atoms with Crippen molar-refractivity contribution < 1.29 is 4.57 Å². The predicted octanol–water partition coefficient (Wildman–Crippen LogP) is 6.19. The van der Waals surface area contributed by atoms with Crippen LogP contribution in [0.2, 0.25) is 0 Å². The van der Waals surface area contributed by atoms with Gasteiger partial charge >= 0.3 is 0 Å². The van der Waals surface area contributed by atoms with Crippen LogP contribution in [0, 0.1) is 0 Å². The fourth-order valence-corrected chi connectivity index (χ4v) is 5.29. The number of nitrogens with one attached hydrogen (secondary N) is 1. The Labute approximate surface area is 241 Å². The summed E-state index contributed by atoms with van der Waals surface area (Å²) in [6.07, 6.45) is 25.6. The van der Waals surface area contributed by atoms with Gasteiger partial charge in [-0.05, 0) is 55.5 Å². The summed E-state index contributed by atoms with van der Waals surface area (Å²) in [4.78, 5) is 0. The summed E-state index contributed by atoms with van der Waals surface area (Å²) in [6.45, 7) is 3.92. The van der Waals surface area contributed by atoms with E-state index in [0.717, 1.165) is 53.5 Å². The first kappa shape index (κ1) is 30.1. The van der Waals surface area contributed by atoms with Crippen LogP contribution in [-0.2, 0) is 6.54 Å². The number of likely N-dealkylation sites (N-methyl/N-ethyl adjacent to an activating group) is 1. The molecule has 0 amide bonds. The van der Waals surface area contributed by atoms with Gasteiger partial charge in [0.2, 0.25) is 0 Å². The molecule has 1 heterocycles. The summed E-state index contributed by atoms with van der Waals surface area (Å²) in [5.74, 6) is 2.10. The third-order valence-electron chi connectivity index (χ3n) is 5.72. The summed E-state index contributed by atoms with van der Waals surface area (Å²) in [5.41, 5.74) is 4.28. The molecular formula is C31H39N6S2+. The van der Waals surface area contributed by atoms with Crippen LogP contribution < -0.4 is 14.9 Å². The Balaban J connectivity index is 1.27. The number of allylic oxidation sites excluding steroid dienone is 8. The van der Waals surface area contributed by atoms with Gasteiger partial charge in [-0.1, -0.05) is 64.1 Å². The van der Waals surface area contributed by atoms with E-state index in [0.29, 0.717) is 0 Å². The Hall–Kier alpha value is -3.49. The summed E-state index contributed by atoms with van der Waals surface area (Å²) in [7, 11) is 7.72. The number of para-hydroxylation sites is 1. The maximum Gasteiger partial charge on any atom is 0.169 e. The van der Waals surface area contributed by atoms with E-state index < -0.39 is 0 Å². The second-order valence-corrected chi connectivity index (χ2v) is 11.3. The van der Waals surface area contributed by atoms with Crippen molar-refractivity contribution in [3.63, 3.8) is 0 Å². The predicted molar refractivity (Wildman–Crippen MR) is 172 cm³/mol. The monoisotopic (exact) mass is 559 g/mol. The second kappa shape index (κ2) is 17.9. The van der Waals surface area contributed by atoms with Crippen LogP contribution >= 0.6 is 21.6 Å². The molecule has 2 aromatic rings. The van der Waals surface area contributed by atoms with Crippen LogP contribution in [0.3, 0.4) is 0 Å². The highest BCUT2D eigenvalue weighted by Crippen LogP contribution is 2.19. The molecule has 1 aliphatic rings. The zero-order chi connectivity index (χ0) is 27.5. The van der Waals surface area contributed by atoms with Crippen LogP contribution in [0.15, 0.2) is 125 Å². The number of hydrogen-bond donors (Lipinski definition) is 1. The molecule has 8 heteroatoms. The van der Waals surface area contributed by atoms with Gasteiger partial charge in [0.25, 0.3) is 0 Å². The molecule has 1 aromatic heterocycles. The fourth-order valence-electron chi connectivity index (χ4n) is 3.38. The second-order valence-electron chi connectivity index (χ2n) is 8.62. The lowest BCUT2D eigenvalue weighted by atomic mass is 10.3. The van der Waals surface area contributed by atoms with E-state index in [4.69, 9.17) is 0 Å². The van der Waals surface area contributed by atoms with Gasteiger partial charge in [0.15, 0.2) is 18.9 Å². The van der Waals surface area contributed by atoms with Crippen molar-refractivity contribution in [3.8, 4) is 0 Å². The number of hydrogen-bond acceptors (Lipinski definition) is 7. The van der Waals surface area contributed by atoms with Gasteiger partial charge < -0.3 is 5.32 Å². The van der Waals surface area contributed by atoms with Crippen LogP contribution in [0.1, 0.15) is 18.9 Å². The normalized spacial score (nSPS) is 13.8. The van der Waals surface area contributed by atoms with Gasteiger partial charge in [-0.25, -0.2) is 4.57 Å². The van der Waals surface area contributed by atoms with Gasteiger partial charge in [-0.2, -0.15) is 10.2 Å². The number of aromatic nitrogens is 1. The molecule has 0 unspecified atom stereocenters. The Bertz CT molecular complexity index is 1200. The largest absolute Gasteiger partial charge is 0.390 e. The van der Waals surface area contributed by atoms with E-state index in [-0.39, 0.29) is 0 Å². The quantitative estimate of drug-likeness (QED) is 0.0704. The molecule has 0 aliphatic heterocycles. The van der Waals surface area contributed by atoms with Crippen molar-refractivity contribution in [3.05, 3.63) is 120 Å². The van der Waals surface area contributed by atoms with Crippen LogP contribution in [0.25, 0.3) is 0 Å². The molecule has 1 N–H and O–H groups in total. The lowest BCUT2D eigenvalue weighted by Crippen LogP contribution is -2.33. The topological polar surface area (TPSA) is 47.1 Å². The Morgan fingerprint density at radius 3 is 2.59 bits per heavy atom. The Morgan fingerprint density at radius 1 is 1.00 bits per heavy atom. The first-order valence-electron chi connectivity index (χ1n) is 13.1. The fraction of sp³-hybridized carbons (Fsp3) is 0.258. The summed E-state index contributed by atoms with van der Waals surface area (Å²) >= 11 is 0. The molecule has 0 radical (unpaired) electrons. The highest BCUT2D eigenvalue weighted by Gasteiger charge is 2.02. The number of nitrogens with zero attached hydrogens (tertiary/aromatic N) is 5. The first-order chi connectivity index (χ1) is 19.2. The molecule has 39 heavy (non-hydrogen) atoms. The van der Waals surface area contributed by atoms with Crippen LogP contribution in [-0.4, -0.2) is 49.6 Å². The van der Waals surface area contributed by atoms with E-state index in [9.17, 15) is 0 Å². The van der Waals surface area contributed by atoms with Crippen molar-refractivity contribution in [2.75, 3.05) is 37.2 Å². The molecule has 0 atom stereocenters. The molecule has 6 nitrogen and oxygen atoms in total. The minimum atomic E-state index is 0.921. The minimum Gasteiger partial charge on any atom is -0.390 e. The van der Waals surface area contributed by atoms with Crippen LogP contribution in [0.4, 0.5) is 5.69 Å². The maximum absolute atomic E-state index is 4.56. The van der Waals surface area contributed by atoms with Gasteiger partial charge in [0.05, 0.1) is 29.6 Å². The lowest BCUT2D eigenvalue weighted by molar-refractivity contribution is -0.692. The van der Waals surface area contributed by atoms with Crippen molar-refractivity contribution in [2.24, 2.45) is 10.2 Å². The third kappa shape index (κ3) is 11.8. The third-order valence-corrected chi connectivity index (χ3v) is 8.10. The molecular weight excluding hydrogens is 521 g/mol. The zero-order valence-electron chi connectivity index (χ0n) is 23.1. The molecule has 0 saturated carbocycles. The van der Waals surface area contributed by atoms with Gasteiger partial charge in [-0.3, -0.25) is 10.0 Å². The van der Waals surface area contributed by atoms with E-state index in [2.05, 4.69) is 75.0 Å². The average Bonchev–Trinajstić information content (AvgIpc) is 3.27. The van der Waals surface area contributed by atoms with Gasteiger partial charge in [0.1, 0.15) is 0 Å². The molecule has 0 saturated heterocycles. The number of hydrazone groups is 2. The van der Waals surface area contributed by atoms with E-state index >= 15 is 0 Å². The number of benzene rings is 1. The minimum absolute atomic E-state index is 0.921. The van der Waals surface area contributed by atoms with Crippen molar-refractivity contribution >= 4 is 39.7 Å². The molecule has 1 aliphatic carbocycles. The van der Waals surface area contributed by atoms with Crippen molar-refractivity contribution in [1.82, 2.24) is 10.3 Å². The van der Waals surface area contributed by atoms with Crippen molar-refractivity contribution in [2.45, 2.75) is 19.9 Å². The van der Waals surface area contributed by atoms with Gasteiger partial charge in [0, 0.05) is 44.1 Å². The highest BCUT2D eigenvalue weighted by atomic mass is 33.1. The first-order valence-corrected chi connectivity index (χ1v) is 15.6. The average molecular weight is 560 g/mol. The standard InChI is InChI=1S/C31H39N6S2/c1-4-28(26-33-35(2)31-14-10-7-11-15-31)16-19-32-20-24-38-39-25-23-37-21-17-29(18-22-37)27-34-36(3)30-12-8-5-6-9-13-30/h4-5,7-19,21-22,26-27,32H,6,20,23-25H2,1-3H3/q+1/b19-16-,28-4+,33-26+. The molecule has 0 fully saturated rings. The molecule has 204 valence electrons. The lowest BCUT2D eigenvalue weighted by Gasteiger charge is -2.12. The van der Waals surface area contributed by atoms with E-state index in [1.165, 1.54) is 0 Å². The number of pyridine rings is 1. The molecule has 0 bridgehead atoms.